The van der Waals surface area contributed by atoms with Gasteiger partial charge in [-0.1, -0.05) is 35.8 Å². The summed E-state index contributed by atoms with van der Waals surface area (Å²) in [7, 11) is 0. The van der Waals surface area contributed by atoms with Gasteiger partial charge >= 0.3 is 18.3 Å². The summed E-state index contributed by atoms with van der Waals surface area (Å²) in [4.78, 5) is 32.6. The smallest absolute Gasteiger partial charge is 0.390 e. The Balaban J connectivity index is 0.000000218. The largest absolute Gasteiger partial charge is 0.478 e. The maximum atomic E-state index is 12.6. The molecule has 1 aliphatic carbocycles. The van der Waals surface area contributed by atoms with Crippen LogP contribution in [-0.4, -0.2) is 90.2 Å². The lowest BCUT2D eigenvalue weighted by molar-refractivity contribution is -0.132. The number of rotatable bonds is 11. The van der Waals surface area contributed by atoms with Crippen LogP contribution in [0.1, 0.15) is 68.7 Å². The second-order valence-electron chi connectivity index (χ2n) is 15.0. The number of aryl methyl sites for hydroxylation is 2. The molecule has 2 aromatic carbocycles. The highest BCUT2D eigenvalue weighted by atomic mass is 19.4. The van der Waals surface area contributed by atoms with Crippen LogP contribution in [0.3, 0.4) is 0 Å². The predicted octanol–water partition coefficient (Wildman–Crippen LogP) is 7.52. The number of carbonyl (C=O) groups is 2. The second-order valence-corrected chi connectivity index (χ2v) is 15.0. The lowest BCUT2D eigenvalue weighted by atomic mass is 10.0. The minimum Gasteiger partial charge on any atom is -0.478 e. The molecule has 4 aromatic heterocycles. The Kier molecular flexibility index (Phi) is 14.1. The van der Waals surface area contributed by atoms with Crippen molar-refractivity contribution < 1.29 is 51.3 Å². The number of imidazole rings is 2. The Labute approximate surface area is 367 Å². The standard InChI is InChI=1S/C25H22F3N5O2.C21H18F3N3O3/c1-16-11-18(4-5-19(16)23(35)32-24(15-29)6-7-24)21-13-31-22-20(30-9-8-25(26,27)28)12-17(3-2-10-34)14-33(21)22;1-13-9-15(4-5-16(13)20(29)30)18-11-26-19-17(25-7-6-21(22,23)24)10-14(3-2-8-28)12-27(18)19/h4-5,11-14,30,34H,6-10H2,1H3,(H,32,35);4-5,9-12,25,28H,6-8H2,1H3,(H,29,30). The number of nitrogens with zero attached hydrogens (tertiary/aromatic N) is 5. The van der Waals surface area contributed by atoms with Gasteiger partial charge in [-0.2, -0.15) is 31.6 Å². The number of carboxylic acid groups (broad SMARTS) is 1. The number of amides is 1. The van der Waals surface area contributed by atoms with Gasteiger partial charge in [0.25, 0.3) is 5.91 Å². The number of aliphatic hydroxyl groups is 2. The molecule has 0 radical (unpaired) electrons. The van der Waals surface area contributed by atoms with Crippen LogP contribution < -0.4 is 16.0 Å². The highest BCUT2D eigenvalue weighted by Gasteiger charge is 2.45. The Morgan fingerprint density at radius 1 is 0.738 bits per heavy atom. The number of benzene rings is 2. The third-order valence-corrected chi connectivity index (χ3v) is 10.1. The average Bonchev–Trinajstić information content (AvgIpc) is 3.66. The van der Waals surface area contributed by atoms with Crippen molar-refractivity contribution in [3.8, 4) is 52.3 Å². The minimum absolute atomic E-state index is 0.177. The normalized spacial score (nSPS) is 12.8. The van der Waals surface area contributed by atoms with E-state index in [0.717, 1.165) is 5.56 Å². The molecule has 4 heterocycles. The molecule has 6 aromatic rings. The number of carboxylic acids is 1. The molecule has 7 rings (SSSR count). The number of alkyl halides is 6. The summed E-state index contributed by atoms with van der Waals surface area (Å²) in [5, 5.41) is 44.7. The molecule has 0 bridgehead atoms. The number of hydrogen-bond acceptors (Lipinski definition) is 9. The van der Waals surface area contributed by atoms with Crippen molar-refractivity contribution in [2.45, 2.75) is 57.4 Å². The summed E-state index contributed by atoms with van der Waals surface area (Å²) in [6.45, 7) is 2.09. The molecule has 1 amide bonds. The molecule has 0 saturated heterocycles. The van der Waals surface area contributed by atoms with Crippen LogP contribution >= 0.6 is 0 Å². The van der Waals surface area contributed by atoms with Gasteiger partial charge in [-0.25, -0.2) is 14.8 Å². The van der Waals surface area contributed by atoms with Crippen LogP contribution in [0, 0.1) is 48.9 Å². The number of aromatic carboxylic acids is 1. The molecule has 0 atom stereocenters. The van der Waals surface area contributed by atoms with E-state index in [4.69, 9.17) is 10.2 Å². The van der Waals surface area contributed by atoms with E-state index >= 15 is 0 Å². The molecule has 0 aliphatic heterocycles. The van der Waals surface area contributed by atoms with Gasteiger partial charge in [0.15, 0.2) is 11.3 Å². The zero-order valence-corrected chi connectivity index (χ0v) is 34.7. The number of aliphatic hydroxyl groups excluding tert-OH is 2. The highest BCUT2D eigenvalue weighted by Crippen LogP contribution is 2.35. The number of nitrogens with one attached hydrogen (secondary N) is 3. The number of carbonyl (C=O) groups excluding carboxylic acids is 1. The number of anilines is 2. The van der Waals surface area contributed by atoms with E-state index in [0.29, 0.717) is 80.3 Å². The Morgan fingerprint density at radius 2 is 1.18 bits per heavy atom. The monoisotopic (exact) mass is 898 g/mol. The molecule has 0 spiro atoms. The first-order valence-corrected chi connectivity index (χ1v) is 19.9. The number of pyridine rings is 2. The molecule has 13 nitrogen and oxygen atoms in total. The summed E-state index contributed by atoms with van der Waals surface area (Å²) in [5.41, 5.74) is 6.35. The van der Waals surface area contributed by atoms with Crippen molar-refractivity contribution in [2.24, 2.45) is 0 Å². The van der Waals surface area contributed by atoms with Gasteiger partial charge in [-0.3, -0.25) is 13.6 Å². The van der Waals surface area contributed by atoms with Gasteiger partial charge in [0.05, 0.1) is 59.6 Å². The maximum absolute atomic E-state index is 12.6. The molecule has 336 valence electrons. The van der Waals surface area contributed by atoms with E-state index in [1.165, 1.54) is 6.07 Å². The van der Waals surface area contributed by atoms with Gasteiger partial charge in [0.1, 0.15) is 18.8 Å². The highest BCUT2D eigenvalue weighted by molar-refractivity contribution is 5.97. The third kappa shape index (κ3) is 11.7. The van der Waals surface area contributed by atoms with E-state index in [9.17, 15) is 46.3 Å². The predicted molar refractivity (Wildman–Crippen MR) is 229 cm³/mol. The van der Waals surface area contributed by atoms with Crippen molar-refractivity contribution >= 4 is 34.5 Å². The fourth-order valence-corrected chi connectivity index (χ4v) is 6.77. The van der Waals surface area contributed by atoms with E-state index in [2.05, 4.69) is 55.7 Å². The average molecular weight is 899 g/mol. The van der Waals surface area contributed by atoms with Crippen LogP contribution in [0.25, 0.3) is 33.8 Å². The van der Waals surface area contributed by atoms with Crippen molar-refractivity contribution in [1.29, 1.82) is 5.26 Å². The zero-order chi connectivity index (χ0) is 47.1. The second kappa shape index (κ2) is 19.5. The van der Waals surface area contributed by atoms with Gasteiger partial charge in [-0.05, 0) is 74.2 Å². The molecule has 1 saturated carbocycles. The molecule has 0 unspecified atom stereocenters. The van der Waals surface area contributed by atoms with Crippen LogP contribution in [-0.2, 0) is 0 Å². The van der Waals surface area contributed by atoms with Crippen molar-refractivity contribution in [3.05, 3.63) is 107 Å². The number of aromatic nitrogens is 4. The third-order valence-electron chi connectivity index (χ3n) is 10.1. The number of fused-ring (bicyclic) bond motifs is 2. The SMILES string of the molecule is Cc1cc(-c2cnc3c(NCCC(F)(F)F)cc(C#CCO)cn23)ccc1C(=O)NC1(C#N)CC1.Cc1cc(-c2cnc3c(NCCC(F)(F)F)cc(C#CCO)cn23)ccc1C(=O)O. The van der Waals surface area contributed by atoms with Gasteiger partial charge in [0, 0.05) is 53.3 Å². The zero-order valence-electron chi connectivity index (χ0n) is 34.7. The maximum Gasteiger partial charge on any atom is 0.390 e. The van der Waals surface area contributed by atoms with Crippen molar-refractivity contribution in [3.63, 3.8) is 0 Å². The topological polar surface area (TPSA) is 189 Å². The van der Waals surface area contributed by atoms with Crippen LogP contribution in [0.4, 0.5) is 37.7 Å². The Hall–Kier alpha value is -7.53. The van der Waals surface area contributed by atoms with Crippen LogP contribution in [0.5, 0.6) is 0 Å². The fraction of sp³-hybridized carbons (Fsp3) is 0.283. The first kappa shape index (κ1) is 47.0. The lowest BCUT2D eigenvalue weighted by Gasteiger charge is -2.13. The molecule has 1 aliphatic rings. The van der Waals surface area contributed by atoms with Crippen molar-refractivity contribution in [1.82, 2.24) is 24.1 Å². The molecule has 6 N–H and O–H groups in total. The van der Waals surface area contributed by atoms with E-state index in [1.54, 1.807) is 83.8 Å². The Morgan fingerprint density at radius 3 is 1.55 bits per heavy atom. The number of halogens is 6. The first-order valence-electron chi connectivity index (χ1n) is 19.9. The van der Waals surface area contributed by atoms with Gasteiger partial charge in [0.2, 0.25) is 0 Å². The van der Waals surface area contributed by atoms with Crippen molar-refractivity contribution in [2.75, 3.05) is 36.9 Å². The molecule has 19 heteroatoms. The van der Waals surface area contributed by atoms with Gasteiger partial charge in [-0.15, -0.1) is 0 Å². The number of nitriles is 1. The first-order chi connectivity index (χ1) is 30.8. The molecule has 1 fully saturated rings. The van der Waals surface area contributed by atoms with Crippen LogP contribution in [0.2, 0.25) is 0 Å². The summed E-state index contributed by atoms with van der Waals surface area (Å²) in [6.07, 6.45) is -2.82. The summed E-state index contributed by atoms with van der Waals surface area (Å²) in [5.74, 6) is 9.24. The summed E-state index contributed by atoms with van der Waals surface area (Å²) in [6, 6.07) is 15.4. The summed E-state index contributed by atoms with van der Waals surface area (Å²) >= 11 is 0. The van der Waals surface area contributed by atoms with E-state index < -0.39 is 36.7 Å². The fourth-order valence-electron chi connectivity index (χ4n) is 6.77. The molecular formula is C46H40F6N8O5. The van der Waals surface area contributed by atoms with E-state index in [-0.39, 0.29) is 37.8 Å². The lowest BCUT2D eigenvalue weighted by Crippen LogP contribution is -2.35. The van der Waals surface area contributed by atoms with E-state index in [1.807, 2.05) is 6.07 Å². The Bertz CT molecular complexity index is 2940. The molecular weight excluding hydrogens is 859 g/mol. The minimum atomic E-state index is -4.30. The van der Waals surface area contributed by atoms with Crippen LogP contribution in [0.15, 0.2) is 73.3 Å². The molecule has 65 heavy (non-hydrogen) atoms. The van der Waals surface area contributed by atoms with Gasteiger partial charge < -0.3 is 31.3 Å². The number of hydrogen-bond donors (Lipinski definition) is 6. The summed E-state index contributed by atoms with van der Waals surface area (Å²) < 4.78 is 78.8. The quantitative estimate of drug-likeness (QED) is 0.0561.